The van der Waals surface area contributed by atoms with E-state index in [9.17, 15) is 0 Å². The Bertz CT molecular complexity index is 514. The first kappa shape index (κ1) is 10.8. The Morgan fingerprint density at radius 3 is 2.94 bits per heavy atom. The smallest absolute Gasteiger partial charge is 0.128 e. The Labute approximate surface area is 105 Å². The molecule has 1 aromatic heterocycles. The van der Waals surface area contributed by atoms with Crippen molar-refractivity contribution in [2.75, 3.05) is 13.2 Å². The predicted molar refractivity (Wildman–Crippen MR) is 69.7 cm³/mol. The summed E-state index contributed by atoms with van der Waals surface area (Å²) in [5.74, 6) is 0.949. The SMILES string of the molecule is Cc1csc(-c2ccccc2OC[C@@H]2CO2)c1. The zero-order valence-electron chi connectivity index (χ0n) is 9.68. The molecule has 2 aromatic rings. The third-order valence-corrected chi connectivity index (χ3v) is 3.79. The standard InChI is InChI=1S/C14H14O2S/c1-10-6-14(17-9-10)12-4-2-3-5-13(12)16-8-11-7-15-11/h2-6,9,11H,7-8H2,1H3/t11-/m0/s1. The highest BCUT2D eigenvalue weighted by Gasteiger charge is 2.23. The summed E-state index contributed by atoms with van der Waals surface area (Å²) in [4.78, 5) is 1.26. The first-order valence-corrected chi connectivity index (χ1v) is 6.60. The normalized spacial score (nSPS) is 18.1. The van der Waals surface area contributed by atoms with E-state index in [1.54, 1.807) is 11.3 Å². The van der Waals surface area contributed by atoms with Gasteiger partial charge in [0.25, 0.3) is 0 Å². The van der Waals surface area contributed by atoms with Crippen molar-refractivity contribution in [3.05, 3.63) is 41.3 Å². The van der Waals surface area contributed by atoms with Crippen LogP contribution in [0.3, 0.4) is 0 Å². The largest absolute Gasteiger partial charge is 0.490 e. The zero-order valence-corrected chi connectivity index (χ0v) is 10.5. The van der Waals surface area contributed by atoms with Gasteiger partial charge in [-0.05, 0) is 36.1 Å². The van der Waals surface area contributed by atoms with Crippen molar-refractivity contribution >= 4 is 11.3 Å². The maximum absolute atomic E-state index is 5.81. The van der Waals surface area contributed by atoms with Crippen LogP contribution in [0.25, 0.3) is 10.4 Å². The molecule has 1 aromatic carbocycles. The van der Waals surface area contributed by atoms with Gasteiger partial charge in [-0.1, -0.05) is 12.1 Å². The maximum Gasteiger partial charge on any atom is 0.128 e. The Morgan fingerprint density at radius 1 is 1.41 bits per heavy atom. The Morgan fingerprint density at radius 2 is 2.24 bits per heavy atom. The van der Waals surface area contributed by atoms with Crippen molar-refractivity contribution in [1.82, 2.24) is 0 Å². The summed E-state index contributed by atoms with van der Waals surface area (Å²) in [5, 5.41) is 2.16. The van der Waals surface area contributed by atoms with Crippen molar-refractivity contribution in [2.45, 2.75) is 13.0 Å². The van der Waals surface area contributed by atoms with Crippen LogP contribution in [0.2, 0.25) is 0 Å². The van der Waals surface area contributed by atoms with Crippen molar-refractivity contribution < 1.29 is 9.47 Å². The van der Waals surface area contributed by atoms with E-state index in [4.69, 9.17) is 9.47 Å². The van der Waals surface area contributed by atoms with Crippen LogP contribution in [-0.4, -0.2) is 19.3 Å². The first-order valence-electron chi connectivity index (χ1n) is 5.72. The van der Waals surface area contributed by atoms with E-state index >= 15 is 0 Å². The fourth-order valence-corrected chi connectivity index (χ4v) is 2.65. The summed E-state index contributed by atoms with van der Waals surface area (Å²) in [5.41, 5.74) is 2.47. The van der Waals surface area contributed by atoms with E-state index < -0.39 is 0 Å². The van der Waals surface area contributed by atoms with Gasteiger partial charge in [0, 0.05) is 10.4 Å². The van der Waals surface area contributed by atoms with Crippen LogP contribution in [0, 0.1) is 6.92 Å². The molecule has 17 heavy (non-hydrogen) atoms. The number of ether oxygens (including phenoxy) is 2. The van der Waals surface area contributed by atoms with Gasteiger partial charge >= 0.3 is 0 Å². The minimum atomic E-state index is 0.299. The molecule has 2 heterocycles. The average molecular weight is 246 g/mol. The van der Waals surface area contributed by atoms with Gasteiger partial charge in [0.05, 0.1) is 6.61 Å². The maximum atomic E-state index is 5.81. The Hall–Kier alpha value is -1.32. The van der Waals surface area contributed by atoms with Crippen molar-refractivity contribution in [3.8, 4) is 16.2 Å². The van der Waals surface area contributed by atoms with Gasteiger partial charge in [0.1, 0.15) is 18.5 Å². The van der Waals surface area contributed by atoms with E-state index in [-0.39, 0.29) is 0 Å². The molecule has 0 spiro atoms. The van der Waals surface area contributed by atoms with Crippen LogP contribution in [0.4, 0.5) is 0 Å². The molecule has 1 aliphatic rings. The molecule has 0 N–H and O–H groups in total. The summed E-state index contributed by atoms with van der Waals surface area (Å²) in [6, 6.07) is 10.4. The second kappa shape index (κ2) is 4.51. The summed E-state index contributed by atoms with van der Waals surface area (Å²) >= 11 is 1.76. The number of para-hydroxylation sites is 1. The quantitative estimate of drug-likeness (QED) is 0.770. The average Bonchev–Trinajstić information content (AvgIpc) is 3.08. The molecule has 2 nitrogen and oxygen atoms in total. The van der Waals surface area contributed by atoms with Gasteiger partial charge < -0.3 is 9.47 Å². The van der Waals surface area contributed by atoms with Crippen LogP contribution < -0.4 is 4.74 Å². The molecule has 1 saturated heterocycles. The number of hydrogen-bond donors (Lipinski definition) is 0. The van der Waals surface area contributed by atoms with Gasteiger partial charge in [0.2, 0.25) is 0 Å². The lowest BCUT2D eigenvalue weighted by Crippen LogP contribution is -2.04. The molecule has 88 valence electrons. The van der Waals surface area contributed by atoms with Gasteiger partial charge in [-0.25, -0.2) is 0 Å². The predicted octanol–water partition coefficient (Wildman–Crippen LogP) is 3.50. The van der Waals surface area contributed by atoms with Gasteiger partial charge in [0.15, 0.2) is 0 Å². The minimum Gasteiger partial charge on any atom is -0.490 e. The second-order valence-corrected chi connectivity index (χ2v) is 5.16. The molecule has 1 atom stereocenters. The lowest BCUT2D eigenvalue weighted by molar-refractivity contribution is 0.264. The highest BCUT2D eigenvalue weighted by atomic mass is 32.1. The highest BCUT2D eigenvalue weighted by molar-refractivity contribution is 7.13. The van der Waals surface area contributed by atoms with E-state index in [2.05, 4.69) is 24.4 Å². The lowest BCUT2D eigenvalue weighted by Gasteiger charge is -2.08. The molecule has 1 aliphatic heterocycles. The van der Waals surface area contributed by atoms with Crippen LogP contribution in [0.1, 0.15) is 5.56 Å². The van der Waals surface area contributed by atoms with Gasteiger partial charge in [-0.3, -0.25) is 0 Å². The molecule has 0 radical (unpaired) electrons. The van der Waals surface area contributed by atoms with Crippen molar-refractivity contribution in [1.29, 1.82) is 0 Å². The monoisotopic (exact) mass is 246 g/mol. The number of benzene rings is 1. The Kier molecular flexibility index (Phi) is 2.87. The molecule has 1 fully saturated rings. The van der Waals surface area contributed by atoms with E-state index in [1.807, 2.05) is 18.2 Å². The van der Waals surface area contributed by atoms with Crippen LogP contribution in [-0.2, 0) is 4.74 Å². The van der Waals surface area contributed by atoms with Crippen LogP contribution in [0.15, 0.2) is 35.7 Å². The van der Waals surface area contributed by atoms with Crippen molar-refractivity contribution in [3.63, 3.8) is 0 Å². The van der Waals surface area contributed by atoms with Crippen LogP contribution in [0.5, 0.6) is 5.75 Å². The number of hydrogen-bond acceptors (Lipinski definition) is 3. The topological polar surface area (TPSA) is 21.8 Å². The lowest BCUT2D eigenvalue weighted by atomic mass is 10.1. The minimum absolute atomic E-state index is 0.299. The molecule has 0 saturated carbocycles. The molecule has 0 unspecified atom stereocenters. The third kappa shape index (κ3) is 2.51. The van der Waals surface area contributed by atoms with Crippen molar-refractivity contribution in [2.24, 2.45) is 0 Å². The molecule has 0 aliphatic carbocycles. The van der Waals surface area contributed by atoms with E-state index in [1.165, 1.54) is 16.0 Å². The number of aryl methyl sites for hydroxylation is 1. The van der Waals surface area contributed by atoms with Gasteiger partial charge in [-0.15, -0.1) is 11.3 Å². The molecule has 0 bridgehead atoms. The zero-order chi connectivity index (χ0) is 11.7. The summed E-state index contributed by atoms with van der Waals surface area (Å²) in [6.07, 6.45) is 0.299. The second-order valence-electron chi connectivity index (χ2n) is 4.25. The van der Waals surface area contributed by atoms with Gasteiger partial charge in [-0.2, -0.15) is 0 Å². The third-order valence-electron chi connectivity index (χ3n) is 2.71. The number of rotatable bonds is 4. The molecule has 3 heteroatoms. The van der Waals surface area contributed by atoms with E-state index in [0.717, 1.165) is 12.4 Å². The first-order chi connectivity index (χ1) is 8.33. The fraction of sp³-hybridized carbons (Fsp3) is 0.286. The molecular formula is C14H14O2S. The highest BCUT2D eigenvalue weighted by Crippen LogP contribution is 2.34. The molecule has 3 rings (SSSR count). The molecule has 0 amide bonds. The van der Waals surface area contributed by atoms with Crippen LogP contribution >= 0.6 is 11.3 Å². The summed E-state index contributed by atoms with van der Waals surface area (Å²) in [6.45, 7) is 3.60. The summed E-state index contributed by atoms with van der Waals surface area (Å²) < 4.78 is 11.0. The fourth-order valence-electron chi connectivity index (χ4n) is 1.72. The molecular weight excluding hydrogens is 232 g/mol. The van der Waals surface area contributed by atoms with E-state index in [0.29, 0.717) is 12.7 Å². The summed E-state index contributed by atoms with van der Waals surface area (Å²) in [7, 11) is 0. The number of thiophene rings is 1. The number of epoxide rings is 1. The Balaban J connectivity index is 1.86.